The Hall–Kier alpha value is -2.94. The Labute approximate surface area is 355 Å². The number of amides is 2. The summed E-state index contributed by atoms with van der Waals surface area (Å²) in [7, 11) is 0. The molecule has 0 saturated carbocycles. The van der Waals surface area contributed by atoms with Crippen molar-refractivity contribution in [3.05, 3.63) is 36.5 Å². The monoisotopic (exact) mass is 817 g/mol. The molecule has 0 heterocycles. The standard InChI is InChI=1S/C49H88N2O7/c1-3-5-7-9-11-13-14-15-16-17-18-19-20-21-22-23-24-25-27-33-37-41-48(55)58-44(38-34-30-26-12-10-8-6-4-2)39-35-31-28-29-32-36-40-46(53)50-42-47(54)51-45(43-52)49(56)57/h6,8,12,26,34,38,44-45,52H,3-5,7,9-11,13-25,27-33,35-37,39-43H2,1-2H3,(H,50,53)(H,51,54)(H,56,57)/b8-6-,26-12-,38-34-. The summed E-state index contributed by atoms with van der Waals surface area (Å²) in [5.74, 6) is -2.35. The minimum absolute atomic E-state index is 0.0986. The third kappa shape index (κ3) is 39.9. The van der Waals surface area contributed by atoms with E-state index in [0.29, 0.717) is 19.3 Å². The number of carboxylic acids is 1. The maximum Gasteiger partial charge on any atom is 0.328 e. The SMILES string of the molecule is CC/C=C\C/C=C\C/C=C\C(CCCCCCCCC(=O)NCC(=O)NC(CO)C(=O)O)OC(=O)CCCCCCCCCCCCCCCCCCCCCCC. The normalized spacial score (nSPS) is 12.7. The number of esters is 1. The maximum atomic E-state index is 12.8. The lowest BCUT2D eigenvalue weighted by molar-refractivity contribution is -0.147. The van der Waals surface area contributed by atoms with E-state index in [1.165, 1.54) is 122 Å². The number of allylic oxidation sites excluding steroid dienone is 5. The molecule has 0 bridgehead atoms. The fourth-order valence-electron chi connectivity index (χ4n) is 7.00. The van der Waals surface area contributed by atoms with Crippen LogP contribution in [-0.4, -0.2) is 59.3 Å². The third-order valence-corrected chi connectivity index (χ3v) is 10.6. The molecule has 2 amide bonds. The Balaban J connectivity index is 4.11. The Bertz CT molecular complexity index is 1070. The average molecular weight is 817 g/mol. The minimum Gasteiger partial charge on any atom is -0.480 e. The van der Waals surface area contributed by atoms with Gasteiger partial charge in [-0.25, -0.2) is 4.79 Å². The van der Waals surface area contributed by atoms with E-state index >= 15 is 0 Å². The van der Waals surface area contributed by atoms with Gasteiger partial charge in [-0.05, 0) is 51.0 Å². The summed E-state index contributed by atoms with van der Waals surface area (Å²) in [5, 5.41) is 22.5. The van der Waals surface area contributed by atoms with Gasteiger partial charge in [-0.15, -0.1) is 0 Å². The molecular formula is C49H88N2O7. The molecule has 0 rings (SSSR count). The maximum absolute atomic E-state index is 12.8. The highest BCUT2D eigenvalue weighted by Gasteiger charge is 2.18. The molecule has 0 aromatic rings. The molecule has 0 aromatic carbocycles. The van der Waals surface area contributed by atoms with Gasteiger partial charge in [0.1, 0.15) is 12.1 Å². The Morgan fingerprint density at radius 3 is 1.43 bits per heavy atom. The van der Waals surface area contributed by atoms with Crippen LogP contribution in [0.25, 0.3) is 0 Å². The van der Waals surface area contributed by atoms with Crippen LogP contribution in [0, 0.1) is 0 Å². The number of aliphatic carboxylic acids is 1. The molecule has 0 aliphatic heterocycles. The van der Waals surface area contributed by atoms with E-state index in [0.717, 1.165) is 70.6 Å². The average Bonchev–Trinajstić information content (AvgIpc) is 3.21. The van der Waals surface area contributed by atoms with Gasteiger partial charge in [0.15, 0.2) is 0 Å². The van der Waals surface area contributed by atoms with Gasteiger partial charge in [0.2, 0.25) is 11.8 Å². The summed E-state index contributed by atoms with van der Waals surface area (Å²) >= 11 is 0. The van der Waals surface area contributed by atoms with Gasteiger partial charge in [-0.3, -0.25) is 14.4 Å². The third-order valence-electron chi connectivity index (χ3n) is 10.6. The first-order valence-electron chi connectivity index (χ1n) is 23.9. The number of ether oxygens (including phenoxy) is 1. The zero-order chi connectivity index (χ0) is 42.6. The number of carbonyl (C=O) groups excluding carboxylic acids is 3. The summed E-state index contributed by atoms with van der Waals surface area (Å²) in [6.45, 7) is 3.37. The lowest BCUT2D eigenvalue weighted by atomic mass is 10.0. The number of hydrogen-bond acceptors (Lipinski definition) is 6. The second-order valence-corrected chi connectivity index (χ2v) is 16.2. The van der Waals surface area contributed by atoms with Crippen LogP contribution in [0.3, 0.4) is 0 Å². The Morgan fingerprint density at radius 2 is 0.966 bits per heavy atom. The summed E-state index contributed by atoms with van der Waals surface area (Å²) in [6, 6.07) is -1.38. The predicted molar refractivity (Wildman–Crippen MR) is 241 cm³/mol. The number of rotatable bonds is 43. The second kappa shape index (κ2) is 43.6. The molecule has 0 aliphatic carbocycles. The van der Waals surface area contributed by atoms with Crippen LogP contribution < -0.4 is 10.6 Å². The van der Waals surface area contributed by atoms with Crippen molar-refractivity contribution in [1.29, 1.82) is 0 Å². The molecule has 336 valence electrons. The van der Waals surface area contributed by atoms with Gasteiger partial charge < -0.3 is 25.6 Å². The van der Waals surface area contributed by atoms with E-state index in [4.69, 9.17) is 14.9 Å². The smallest absolute Gasteiger partial charge is 0.328 e. The van der Waals surface area contributed by atoms with Crippen LogP contribution in [0.4, 0.5) is 0 Å². The lowest BCUT2D eigenvalue weighted by Gasteiger charge is -2.15. The predicted octanol–water partition coefficient (Wildman–Crippen LogP) is 12.2. The number of nitrogens with one attached hydrogen (secondary N) is 2. The molecule has 0 fully saturated rings. The van der Waals surface area contributed by atoms with Crippen molar-refractivity contribution >= 4 is 23.8 Å². The van der Waals surface area contributed by atoms with Gasteiger partial charge >= 0.3 is 11.9 Å². The van der Waals surface area contributed by atoms with Crippen LogP contribution in [0.5, 0.6) is 0 Å². The second-order valence-electron chi connectivity index (χ2n) is 16.2. The zero-order valence-electron chi connectivity index (χ0n) is 37.3. The van der Waals surface area contributed by atoms with Crippen molar-refractivity contribution in [3.63, 3.8) is 0 Å². The van der Waals surface area contributed by atoms with E-state index in [1.54, 1.807) is 0 Å². The number of aliphatic hydroxyl groups excluding tert-OH is 1. The molecule has 2 atom stereocenters. The highest BCUT2D eigenvalue weighted by atomic mass is 16.5. The molecular weight excluding hydrogens is 729 g/mol. The first-order chi connectivity index (χ1) is 28.3. The number of aliphatic hydroxyl groups is 1. The van der Waals surface area contributed by atoms with E-state index < -0.39 is 24.5 Å². The fourth-order valence-corrected chi connectivity index (χ4v) is 7.00. The van der Waals surface area contributed by atoms with Crippen molar-refractivity contribution in [1.82, 2.24) is 10.6 Å². The molecule has 9 heteroatoms. The van der Waals surface area contributed by atoms with Gasteiger partial charge in [-0.1, -0.05) is 198 Å². The molecule has 0 radical (unpaired) electrons. The molecule has 2 unspecified atom stereocenters. The molecule has 0 saturated heterocycles. The summed E-state index contributed by atoms with van der Waals surface area (Å²) in [4.78, 5) is 47.5. The van der Waals surface area contributed by atoms with E-state index in [2.05, 4.69) is 54.9 Å². The largest absolute Gasteiger partial charge is 0.480 e. The minimum atomic E-state index is -1.38. The molecule has 4 N–H and O–H groups in total. The van der Waals surface area contributed by atoms with Gasteiger partial charge in [0.25, 0.3) is 0 Å². The van der Waals surface area contributed by atoms with Gasteiger partial charge in [-0.2, -0.15) is 0 Å². The summed E-state index contributed by atoms with van der Waals surface area (Å²) in [6.07, 6.45) is 50.8. The summed E-state index contributed by atoms with van der Waals surface area (Å²) in [5.41, 5.74) is 0. The first kappa shape index (κ1) is 55.1. The van der Waals surface area contributed by atoms with Crippen LogP contribution in [0.1, 0.15) is 226 Å². The molecule has 0 spiro atoms. The van der Waals surface area contributed by atoms with Crippen LogP contribution in [0.15, 0.2) is 36.5 Å². The number of carboxylic acid groups (broad SMARTS) is 1. The van der Waals surface area contributed by atoms with E-state index in [1.807, 2.05) is 6.08 Å². The number of hydrogen-bond donors (Lipinski definition) is 4. The van der Waals surface area contributed by atoms with Crippen molar-refractivity contribution in [2.24, 2.45) is 0 Å². The lowest BCUT2D eigenvalue weighted by Crippen LogP contribution is -2.47. The van der Waals surface area contributed by atoms with Crippen LogP contribution >= 0.6 is 0 Å². The Morgan fingerprint density at radius 1 is 0.534 bits per heavy atom. The highest BCUT2D eigenvalue weighted by Crippen LogP contribution is 2.17. The zero-order valence-corrected chi connectivity index (χ0v) is 37.3. The number of unbranched alkanes of at least 4 members (excludes halogenated alkanes) is 25. The Kier molecular flexibility index (Phi) is 41.4. The van der Waals surface area contributed by atoms with Crippen LogP contribution in [0.2, 0.25) is 0 Å². The van der Waals surface area contributed by atoms with Gasteiger partial charge in [0.05, 0.1) is 13.2 Å². The molecule has 0 aliphatic rings. The molecule has 58 heavy (non-hydrogen) atoms. The van der Waals surface area contributed by atoms with Crippen molar-refractivity contribution < 1.29 is 34.1 Å². The van der Waals surface area contributed by atoms with Crippen molar-refractivity contribution in [2.75, 3.05) is 13.2 Å². The van der Waals surface area contributed by atoms with Crippen molar-refractivity contribution in [2.45, 2.75) is 238 Å². The van der Waals surface area contributed by atoms with Gasteiger partial charge in [0, 0.05) is 12.8 Å². The number of carbonyl (C=O) groups is 4. The molecule has 9 nitrogen and oxygen atoms in total. The molecule has 0 aromatic heterocycles. The van der Waals surface area contributed by atoms with Crippen molar-refractivity contribution in [3.8, 4) is 0 Å². The highest BCUT2D eigenvalue weighted by molar-refractivity contribution is 5.87. The first-order valence-corrected chi connectivity index (χ1v) is 23.9. The fraction of sp³-hybridized carbons (Fsp3) is 0.796. The topological polar surface area (TPSA) is 142 Å². The van der Waals surface area contributed by atoms with E-state index in [9.17, 15) is 19.2 Å². The summed E-state index contributed by atoms with van der Waals surface area (Å²) < 4.78 is 5.93. The van der Waals surface area contributed by atoms with Crippen LogP contribution in [-0.2, 0) is 23.9 Å². The van der Waals surface area contributed by atoms with E-state index in [-0.39, 0.29) is 24.5 Å². The quantitative estimate of drug-likeness (QED) is 0.0273.